The van der Waals surface area contributed by atoms with E-state index in [0.717, 1.165) is 40.8 Å². The molecule has 1 aromatic heterocycles. The molecule has 0 saturated carbocycles. The molecule has 0 bridgehead atoms. The van der Waals surface area contributed by atoms with E-state index in [1.165, 1.54) is 5.56 Å². The SMILES string of the molecule is C=C(CCc1cccnc1)NC(C)c1ccc(C(=O)Sc2ccccc2N)cc1. The third-order valence-electron chi connectivity index (χ3n) is 4.63. The van der Waals surface area contributed by atoms with E-state index < -0.39 is 0 Å². The van der Waals surface area contributed by atoms with Crippen LogP contribution >= 0.6 is 11.8 Å². The van der Waals surface area contributed by atoms with Crippen molar-refractivity contribution >= 4 is 22.6 Å². The van der Waals surface area contributed by atoms with Gasteiger partial charge in [-0.3, -0.25) is 9.78 Å². The van der Waals surface area contributed by atoms with E-state index >= 15 is 0 Å². The van der Waals surface area contributed by atoms with E-state index in [-0.39, 0.29) is 11.2 Å². The molecule has 3 aromatic rings. The highest BCUT2D eigenvalue weighted by molar-refractivity contribution is 8.14. The van der Waals surface area contributed by atoms with Gasteiger partial charge in [0.1, 0.15) is 0 Å². The number of carbonyl (C=O) groups excluding carboxylic acids is 1. The first kappa shape index (κ1) is 20.7. The van der Waals surface area contributed by atoms with E-state index in [2.05, 4.69) is 29.9 Å². The van der Waals surface area contributed by atoms with Gasteiger partial charge in [-0.1, -0.05) is 49.0 Å². The summed E-state index contributed by atoms with van der Waals surface area (Å²) >= 11 is 1.15. The maximum Gasteiger partial charge on any atom is 0.224 e. The van der Waals surface area contributed by atoms with Gasteiger partial charge in [-0.05, 0) is 60.9 Å². The predicted molar refractivity (Wildman–Crippen MR) is 121 cm³/mol. The van der Waals surface area contributed by atoms with Crippen LogP contribution in [0.1, 0.15) is 40.9 Å². The van der Waals surface area contributed by atoms with Gasteiger partial charge >= 0.3 is 0 Å². The number of anilines is 1. The van der Waals surface area contributed by atoms with Crippen molar-refractivity contribution in [3.63, 3.8) is 0 Å². The highest BCUT2D eigenvalue weighted by Crippen LogP contribution is 2.28. The van der Waals surface area contributed by atoms with Crippen LogP contribution in [0.4, 0.5) is 5.69 Å². The van der Waals surface area contributed by atoms with Gasteiger partial charge < -0.3 is 11.1 Å². The van der Waals surface area contributed by atoms with Gasteiger partial charge in [0, 0.05) is 40.3 Å². The molecular formula is C24H25N3OS. The fraction of sp³-hybridized carbons (Fsp3) is 0.167. The second kappa shape index (κ2) is 9.94. The monoisotopic (exact) mass is 403 g/mol. The van der Waals surface area contributed by atoms with Crippen molar-refractivity contribution in [3.8, 4) is 0 Å². The molecule has 148 valence electrons. The molecule has 4 nitrogen and oxygen atoms in total. The smallest absolute Gasteiger partial charge is 0.224 e. The molecule has 0 radical (unpaired) electrons. The van der Waals surface area contributed by atoms with Crippen LogP contribution in [0, 0.1) is 0 Å². The highest BCUT2D eigenvalue weighted by Gasteiger charge is 2.12. The number of benzene rings is 2. The number of thioether (sulfide) groups is 1. The van der Waals surface area contributed by atoms with Crippen LogP contribution in [0.15, 0.2) is 90.2 Å². The number of aromatic nitrogens is 1. The molecule has 0 amide bonds. The van der Waals surface area contributed by atoms with Crippen LogP contribution in [-0.4, -0.2) is 10.1 Å². The number of nitrogens with one attached hydrogen (secondary N) is 1. The predicted octanol–water partition coefficient (Wildman–Crippen LogP) is 5.39. The van der Waals surface area contributed by atoms with E-state index in [0.29, 0.717) is 11.3 Å². The van der Waals surface area contributed by atoms with Gasteiger partial charge in [-0.25, -0.2) is 0 Å². The van der Waals surface area contributed by atoms with Crippen LogP contribution in [0.5, 0.6) is 0 Å². The third-order valence-corrected chi connectivity index (χ3v) is 5.64. The number of allylic oxidation sites excluding steroid dienone is 1. The number of nitrogens with zero attached hydrogens (tertiary/aromatic N) is 1. The number of pyridine rings is 1. The highest BCUT2D eigenvalue weighted by atomic mass is 32.2. The first-order chi connectivity index (χ1) is 14.0. The molecule has 0 fully saturated rings. The van der Waals surface area contributed by atoms with Crippen LogP contribution in [0.3, 0.4) is 0 Å². The van der Waals surface area contributed by atoms with E-state index in [1.54, 1.807) is 12.3 Å². The molecule has 3 rings (SSSR count). The number of aryl methyl sites for hydroxylation is 1. The summed E-state index contributed by atoms with van der Waals surface area (Å²) in [5.41, 5.74) is 10.5. The fourth-order valence-corrected chi connectivity index (χ4v) is 3.73. The van der Waals surface area contributed by atoms with Gasteiger partial charge in [0.2, 0.25) is 5.12 Å². The van der Waals surface area contributed by atoms with Crippen molar-refractivity contribution in [2.24, 2.45) is 0 Å². The number of para-hydroxylation sites is 1. The summed E-state index contributed by atoms with van der Waals surface area (Å²) in [6.07, 6.45) is 5.41. The van der Waals surface area contributed by atoms with Crippen molar-refractivity contribution in [2.75, 3.05) is 5.73 Å². The van der Waals surface area contributed by atoms with Crippen molar-refractivity contribution in [3.05, 3.63) is 102 Å². The molecule has 0 saturated heterocycles. The molecule has 0 aliphatic carbocycles. The molecule has 1 heterocycles. The zero-order chi connectivity index (χ0) is 20.6. The van der Waals surface area contributed by atoms with E-state index in [9.17, 15) is 4.79 Å². The maximum atomic E-state index is 12.5. The lowest BCUT2D eigenvalue weighted by Crippen LogP contribution is -2.18. The Morgan fingerprint density at radius 1 is 1.14 bits per heavy atom. The lowest BCUT2D eigenvalue weighted by molar-refractivity contribution is 0.108. The lowest BCUT2D eigenvalue weighted by Gasteiger charge is -2.18. The Kier molecular flexibility index (Phi) is 7.09. The molecule has 0 spiro atoms. The summed E-state index contributed by atoms with van der Waals surface area (Å²) in [6.45, 7) is 6.22. The molecule has 1 unspecified atom stereocenters. The summed E-state index contributed by atoms with van der Waals surface area (Å²) in [7, 11) is 0. The molecule has 0 aliphatic rings. The second-order valence-corrected chi connectivity index (χ2v) is 7.89. The summed E-state index contributed by atoms with van der Waals surface area (Å²) in [4.78, 5) is 17.4. The number of nitrogen functional groups attached to an aromatic ring is 1. The Balaban J connectivity index is 1.54. The molecule has 1 atom stereocenters. The summed E-state index contributed by atoms with van der Waals surface area (Å²) in [5.74, 6) is 0. The number of hydrogen-bond acceptors (Lipinski definition) is 5. The maximum absolute atomic E-state index is 12.5. The Morgan fingerprint density at radius 2 is 1.90 bits per heavy atom. The Bertz CT molecular complexity index is 971. The molecule has 5 heteroatoms. The average molecular weight is 404 g/mol. The largest absolute Gasteiger partial charge is 0.398 e. The van der Waals surface area contributed by atoms with Crippen LogP contribution in [0.25, 0.3) is 0 Å². The Labute approximate surface area is 176 Å². The summed E-state index contributed by atoms with van der Waals surface area (Å²) in [5, 5.41) is 3.42. The van der Waals surface area contributed by atoms with Gasteiger partial charge in [0.15, 0.2) is 0 Å². The van der Waals surface area contributed by atoms with Crippen molar-refractivity contribution in [1.82, 2.24) is 10.3 Å². The number of carbonyl (C=O) groups is 1. The van der Waals surface area contributed by atoms with Gasteiger partial charge in [0.05, 0.1) is 0 Å². The summed E-state index contributed by atoms with van der Waals surface area (Å²) in [6, 6.07) is 19.2. The van der Waals surface area contributed by atoms with Crippen LogP contribution in [0.2, 0.25) is 0 Å². The fourth-order valence-electron chi connectivity index (χ4n) is 2.94. The topological polar surface area (TPSA) is 68.0 Å². The molecule has 0 aliphatic heterocycles. The van der Waals surface area contributed by atoms with Crippen molar-refractivity contribution in [2.45, 2.75) is 30.7 Å². The van der Waals surface area contributed by atoms with Gasteiger partial charge in [-0.15, -0.1) is 0 Å². The van der Waals surface area contributed by atoms with Crippen molar-refractivity contribution < 1.29 is 4.79 Å². The Morgan fingerprint density at radius 3 is 2.59 bits per heavy atom. The second-order valence-electron chi connectivity index (χ2n) is 6.88. The first-order valence-electron chi connectivity index (χ1n) is 9.53. The minimum absolute atomic E-state index is 0.0176. The molecule has 2 aromatic carbocycles. The number of hydrogen-bond donors (Lipinski definition) is 2. The molecule has 3 N–H and O–H groups in total. The van der Waals surface area contributed by atoms with E-state index in [4.69, 9.17) is 5.73 Å². The van der Waals surface area contributed by atoms with Crippen LogP contribution < -0.4 is 11.1 Å². The summed E-state index contributed by atoms with van der Waals surface area (Å²) < 4.78 is 0. The van der Waals surface area contributed by atoms with Gasteiger partial charge in [0.25, 0.3) is 0 Å². The van der Waals surface area contributed by atoms with E-state index in [1.807, 2.05) is 54.7 Å². The average Bonchev–Trinajstić information content (AvgIpc) is 2.74. The van der Waals surface area contributed by atoms with Gasteiger partial charge in [-0.2, -0.15) is 0 Å². The zero-order valence-electron chi connectivity index (χ0n) is 16.5. The molecule has 29 heavy (non-hydrogen) atoms. The minimum atomic E-state index is -0.0176. The quantitative estimate of drug-likeness (QED) is 0.390. The number of rotatable bonds is 8. The number of nitrogens with two attached hydrogens (primary N) is 1. The third kappa shape index (κ3) is 5.96. The van der Waals surface area contributed by atoms with Crippen molar-refractivity contribution in [1.29, 1.82) is 0 Å². The zero-order valence-corrected chi connectivity index (χ0v) is 17.3. The Hall–Kier alpha value is -3.05. The first-order valence-corrected chi connectivity index (χ1v) is 10.3. The minimum Gasteiger partial charge on any atom is -0.398 e. The normalized spacial score (nSPS) is 11.6. The van der Waals surface area contributed by atoms with Crippen LogP contribution in [-0.2, 0) is 6.42 Å². The standard InChI is InChI=1S/C24H25N3OS/c1-17(9-10-19-6-5-15-26-16-19)27-18(2)20-11-13-21(14-12-20)24(28)29-23-8-4-3-7-22(23)25/h3-8,11-16,18,27H,1,9-10,25H2,2H3. The molecular weight excluding hydrogens is 378 g/mol. The lowest BCUT2D eigenvalue weighted by atomic mass is 10.1.